The second-order valence-corrected chi connectivity index (χ2v) is 8.88. The van der Waals surface area contributed by atoms with Gasteiger partial charge >= 0.3 is 0 Å². The number of hydrogen-bond donors (Lipinski definition) is 3. The van der Waals surface area contributed by atoms with Crippen LogP contribution >= 0.6 is 11.3 Å². The lowest BCUT2D eigenvalue weighted by Crippen LogP contribution is -2.37. The first kappa shape index (κ1) is 26.0. The molecule has 37 heavy (non-hydrogen) atoms. The zero-order valence-electron chi connectivity index (χ0n) is 19.2. The van der Waals surface area contributed by atoms with E-state index < -0.39 is 42.6 Å². The van der Waals surface area contributed by atoms with Gasteiger partial charge in [0.05, 0.1) is 12.2 Å². The molecule has 0 fully saturated rings. The molecular weight excluding hydrogens is 505 g/mol. The minimum atomic E-state index is -3.39. The van der Waals surface area contributed by atoms with Crippen LogP contribution < -0.4 is 10.6 Å². The molecule has 0 saturated carbocycles. The van der Waals surface area contributed by atoms with Gasteiger partial charge in [-0.3, -0.25) is 14.6 Å². The molecule has 190 valence electrons. The lowest BCUT2D eigenvalue weighted by atomic mass is 9.94. The van der Waals surface area contributed by atoms with Crippen LogP contribution in [0.15, 0.2) is 78.4 Å². The van der Waals surface area contributed by atoms with Crippen LogP contribution in [0.4, 0.5) is 18.3 Å². The third kappa shape index (κ3) is 6.01. The predicted molar refractivity (Wildman–Crippen MR) is 134 cm³/mol. The van der Waals surface area contributed by atoms with Crippen LogP contribution in [0.25, 0.3) is 22.4 Å². The van der Waals surface area contributed by atoms with Crippen molar-refractivity contribution in [1.29, 1.82) is 0 Å². The van der Waals surface area contributed by atoms with Gasteiger partial charge in [0.2, 0.25) is 5.91 Å². The average molecular weight is 527 g/mol. The van der Waals surface area contributed by atoms with Crippen molar-refractivity contribution in [2.75, 3.05) is 18.5 Å². The second-order valence-electron chi connectivity index (χ2n) is 8.02. The van der Waals surface area contributed by atoms with Crippen molar-refractivity contribution in [3.8, 4) is 22.4 Å². The van der Waals surface area contributed by atoms with Gasteiger partial charge in [0, 0.05) is 28.9 Å². The number of pyridine rings is 1. The maximum Gasteiger partial charge on any atom is 0.273 e. The maximum atomic E-state index is 13.1. The zero-order valence-corrected chi connectivity index (χ0v) is 20.0. The van der Waals surface area contributed by atoms with Crippen LogP contribution in [0.2, 0.25) is 0 Å². The third-order valence-electron chi connectivity index (χ3n) is 5.52. The first-order chi connectivity index (χ1) is 17.8. The molecule has 0 aliphatic carbocycles. The van der Waals surface area contributed by atoms with Gasteiger partial charge in [-0.15, -0.1) is 11.3 Å². The Morgan fingerprint density at radius 2 is 1.73 bits per heavy atom. The van der Waals surface area contributed by atoms with Gasteiger partial charge in [-0.05, 0) is 47.0 Å². The summed E-state index contributed by atoms with van der Waals surface area (Å²) in [7, 11) is 0. The van der Waals surface area contributed by atoms with Gasteiger partial charge in [-0.25, -0.2) is 18.2 Å². The minimum absolute atomic E-state index is 0.108. The van der Waals surface area contributed by atoms with Crippen LogP contribution in [0.1, 0.15) is 15.9 Å². The molecule has 0 aliphatic rings. The molecule has 4 aromatic rings. The van der Waals surface area contributed by atoms with Crippen molar-refractivity contribution < 1.29 is 27.9 Å². The van der Waals surface area contributed by atoms with E-state index in [4.69, 9.17) is 0 Å². The van der Waals surface area contributed by atoms with Crippen molar-refractivity contribution in [1.82, 2.24) is 15.3 Å². The second kappa shape index (κ2) is 11.3. The number of aliphatic hydroxyl groups is 1. The summed E-state index contributed by atoms with van der Waals surface area (Å²) < 4.78 is 39.3. The molecule has 0 spiro atoms. The molecule has 0 radical (unpaired) electrons. The van der Waals surface area contributed by atoms with E-state index in [2.05, 4.69) is 20.6 Å². The van der Waals surface area contributed by atoms with E-state index in [1.807, 2.05) is 36.4 Å². The smallest absolute Gasteiger partial charge is 0.273 e. The van der Waals surface area contributed by atoms with Gasteiger partial charge in [-0.2, -0.15) is 0 Å². The van der Waals surface area contributed by atoms with E-state index in [1.54, 1.807) is 17.8 Å². The van der Waals surface area contributed by atoms with Crippen LogP contribution in [0, 0.1) is 0 Å². The summed E-state index contributed by atoms with van der Waals surface area (Å²) in [4.78, 5) is 33.2. The highest BCUT2D eigenvalue weighted by Gasteiger charge is 2.40. The van der Waals surface area contributed by atoms with Crippen molar-refractivity contribution >= 4 is 28.3 Å². The van der Waals surface area contributed by atoms with E-state index in [1.165, 1.54) is 23.5 Å². The summed E-state index contributed by atoms with van der Waals surface area (Å²) in [6.07, 6.45) is 0.0330. The lowest BCUT2D eigenvalue weighted by molar-refractivity contribution is -0.115. The Morgan fingerprint density at radius 3 is 2.46 bits per heavy atom. The molecule has 7 nitrogen and oxygen atoms in total. The Hall–Kier alpha value is -4.09. The van der Waals surface area contributed by atoms with Crippen molar-refractivity contribution in [3.63, 3.8) is 0 Å². The molecule has 11 heteroatoms. The number of halogens is 3. The number of aromatic nitrogens is 2. The fourth-order valence-electron chi connectivity index (χ4n) is 3.48. The summed E-state index contributed by atoms with van der Waals surface area (Å²) in [5.74, 6) is -1.30. The molecule has 2 amide bonds. The zero-order chi connectivity index (χ0) is 26.4. The number of hydrogen-bond acceptors (Lipinski definition) is 6. The molecule has 0 bridgehead atoms. The van der Waals surface area contributed by atoms with Gasteiger partial charge in [0.25, 0.3) is 12.3 Å². The van der Waals surface area contributed by atoms with Crippen LogP contribution in [-0.4, -0.2) is 46.5 Å². The number of carbonyl (C=O) groups is 2. The molecule has 1 atom stereocenters. The number of benzene rings is 2. The fourth-order valence-corrected chi connectivity index (χ4v) is 4.22. The van der Waals surface area contributed by atoms with E-state index in [0.29, 0.717) is 10.8 Å². The molecule has 3 N–H and O–H groups in total. The quantitative estimate of drug-likeness (QED) is 0.294. The Balaban J connectivity index is 1.37. The highest BCUT2D eigenvalue weighted by atomic mass is 32.1. The SMILES string of the molecule is O=C(CNC(=O)c1cccc(C(O)(CF)C(F)F)c1)Nc1nc(-c2cccc(-c3ccncc3)c2)cs1. The summed E-state index contributed by atoms with van der Waals surface area (Å²) >= 11 is 1.21. The fraction of sp³-hybridized carbons (Fsp3) is 0.154. The summed E-state index contributed by atoms with van der Waals surface area (Å²) in [5.41, 5.74) is -0.0515. The molecule has 1 unspecified atom stereocenters. The highest BCUT2D eigenvalue weighted by Crippen LogP contribution is 2.30. The first-order valence-electron chi connectivity index (χ1n) is 11.0. The van der Waals surface area contributed by atoms with Gasteiger partial charge in [0.1, 0.15) is 6.67 Å². The van der Waals surface area contributed by atoms with Gasteiger partial charge < -0.3 is 15.7 Å². The number of alkyl halides is 3. The van der Waals surface area contributed by atoms with Crippen molar-refractivity contribution in [2.45, 2.75) is 12.0 Å². The average Bonchev–Trinajstić information content (AvgIpc) is 3.40. The number of nitrogens with zero attached hydrogens (tertiary/aromatic N) is 2. The number of thiazole rings is 1. The Kier molecular flexibility index (Phi) is 7.95. The number of anilines is 1. The monoisotopic (exact) mass is 526 g/mol. The molecule has 4 rings (SSSR count). The summed E-state index contributed by atoms with van der Waals surface area (Å²) in [5, 5.41) is 17.0. The van der Waals surface area contributed by atoms with E-state index in [9.17, 15) is 27.9 Å². The molecule has 0 aliphatic heterocycles. The topological polar surface area (TPSA) is 104 Å². The largest absolute Gasteiger partial charge is 0.377 e. The third-order valence-corrected chi connectivity index (χ3v) is 6.28. The van der Waals surface area contributed by atoms with Crippen LogP contribution in [0.3, 0.4) is 0 Å². The maximum absolute atomic E-state index is 13.1. The number of carbonyl (C=O) groups excluding carboxylic acids is 2. The Morgan fingerprint density at radius 1 is 1.00 bits per heavy atom. The molecular formula is C26H21F3N4O3S. The molecule has 2 aromatic heterocycles. The molecule has 2 aromatic carbocycles. The molecule has 0 saturated heterocycles. The van der Waals surface area contributed by atoms with Crippen molar-refractivity contribution in [2.24, 2.45) is 0 Å². The van der Waals surface area contributed by atoms with Crippen molar-refractivity contribution in [3.05, 3.63) is 89.6 Å². The van der Waals surface area contributed by atoms with E-state index in [0.717, 1.165) is 28.8 Å². The lowest BCUT2D eigenvalue weighted by Gasteiger charge is -2.24. The van der Waals surface area contributed by atoms with E-state index >= 15 is 0 Å². The number of amides is 2. The Labute approximate surface area is 214 Å². The summed E-state index contributed by atoms with van der Waals surface area (Å²) in [6, 6.07) is 16.2. The van der Waals surface area contributed by atoms with Gasteiger partial charge in [0.15, 0.2) is 10.7 Å². The minimum Gasteiger partial charge on any atom is -0.377 e. The standard InChI is InChI=1S/C26H21F3N4O3S/c27-15-26(36,24(28)29)20-6-2-5-19(12-20)23(35)31-13-22(34)33-25-32-21(14-37-25)18-4-1-3-17(11-18)16-7-9-30-10-8-16/h1-12,14,24,36H,13,15H2,(H,31,35)(H,32,33,34). The number of rotatable bonds is 9. The normalized spacial score (nSPS) is 12.7. The highest BCUT2D eigenvalue weighted by molar-refractivity contribution is 7.14. The number of nitrogens with one attached hydrogen (secondary N) is 2. The molecule has 2 heterocycles. The predicted octanol–water partition coefficient (Wildman–Crippen LogP) is 4.66. The van der Waals surface area contributed by atoms with Crippen LogP contribution in [-0.2, 0) is 10.4 Å². The van der Waals surface area contributed by atoms with Crippen LogP contribution in [0.5, 0.6) is 0 Å². The first-order valence-corrected chi connectivity index (χ1v) is 11.9. The summed E-state index contributed by atoms with van der Waals surface area (Å²) in [6.45, 7) is -2.14. The Bertz CT molecular complexity index is 1400. The van der Waals surface area contributed by atoms with E-state index in [-0.39, 0.29) is 5.56 Å². The van der Waals surface area contributed by atoms with Gasteiger partial charge in [-0.1, -0.05) is 30.3 Å².